The van der Waals surface area contributed by atoms with Gasteiger partial charge in [0.25, 0.3) is 10.4 Å². The summed E-state index contributed by atoms with van der Waals surface area (Å²) in [4.78, 5) is 11.1. The second-order valence-electron chi connectivity index (χ2n) is 2.93. The number of primary amides is 1. The van der Waals surface area contributed by atoms with Crippen LogP contribution in [0.15, 0.2) is 24.3 Å². The van der Waals surface area contributed by atoms with Gasteiger partial charge in [0, 0.05) is 0 Å². The van der Waals surface area contributed by atoms with Crippen molar-refractivity contribution in [2.75, 3.05) is 6.61 Å². The molecule has 1 heterocycles. The largest absolute Gasteiger partial charge is 0.484 e. The van der Waals surface area contributed by atoms with Gasteiger partial charge < -0.3 is 15.2 Å². The second kappa shape index (κ2) is 4.28. The van der Waals surface area contributed by atoms with Crippen molar-refractivity contribution in [1.29, 1.82) is 0 Å². The highest BCUT2D eigenvalue weighted by Gasteiger charge is 2.41. The van der Waals surface area contributed by atoms with Crippen molar-refractivity contribution in [2.45, 2.75) is 4.51 Å². The SMILES string of the molecule is Cl.NC(=O)C1(Br)COc2ccccc2O1. The molecule has 4 nitrogen and oxygen atoms in total. The van der Waals surface area contributed by atoms with Crippen LogP contribution in [0.4, 0.5) is 0 Å². The highest BCUT2D eigenvalue weighted by atomic mass is 79.9. The lowest BCUT2D eigenvalue weighted by molar-refractivity contribution is -0.129. The maximum absolute atomic E-state index is 11.1. The summed E-state index contributed by atoms with van der Waals surface area (Å²) < 4.78 is 9.48. The normalized spacial score (nSPS) is 22.7. The van der Waals surface area contributed by atoms with Gasteiger partial charge in [-0.3, -0.25) is 4.79 Å². The van der Waals surface area contributed by atoms with E-state index in [4.69, 9.17) is 15.2 Å². The third-order valence-corrected chi connectivity index (χ3v) is 2.68. The van der Waals surface area contributed by atoms with E-state index in [9.17, 15) is 4.79 Å². The number of hydrogen-bond donors (Lipinski definition) is 1. The molecule has 0 aromatic heterocycles. The van der Waals surface area contributed by atoms with E-state index < -0.39 is 10.4 Å². The van der Waals surface area contributed by atoms with E-state index in [1.165, 1.54) is 0 Å². The van der Waals surface area contributed by atoms with Gasteiger partial charge in [0.2, 0.25) is 0 Å². The fourth-order valence-electron chi connectivity index (χ4n) is 1.15. The zero-order valence-corrected chi connectivity index (χ0v) is 10.0. The predicted octanol–water partition coefficient (Wildman–Crippen LogP) is 1.46. The zero-order chi connectivity index (χ0) is 10.2. The molecular weight excluding hydrogens is 285 g/mol. The summed E-state index contributed by atoms with van der Waals surface area (Å²) in [7, 11) is 0. The summed E-state index contributed by atoms with van der Waals surface area (Å²) in [5.41, 5.74) is 5.17. The highest BCUT2D eigenvalue weighted by Crippen LogP contribution is 2.37. The Bertz CT molecular complexity index is 387. The molecule has 0 spiro atoms. The summed E-state index contributed by atoms with van der Waals surface area (Å²) in [6.45, 7) is 0.0688. The van der Waals surface area contributed by atoms with E-state index in [-0.39, 0.29) is 19.0 Å². The summed E-state index contributed by atoms with van der Waals surface area (Å²) >= 11 is 3.11. The number of para-hydroxylation sites is 2. The van der Waals surface area contributed by atoms with Gasteiger partial charge in [-0.05, 0) is 28.1 Å². The summed E-state index contributed by atoms with van der Waals surface area (Å²) in [5.74, 6) is 0.519. The number of benzene rings is 1. The van der Waals surface area contributed by atoms with Crippen LogP contribution in [-0.4, -0.2) is 17.0 Å². The lowest BCUT2D eigenvalue weighted by Crippen LogP contribution is -2.50. The van der Waals surface area contributed by atoms with Crippen LogP contribution in [0.2, 0.25) is 0 Å². The monoisotopic (exact) mass is 293 g/mol. The Morgan fingerprint density at radius 2 is 2.00 bits per heavy atom. The summed E-state index contributed by atoms with van der Waals surface area (Å²) in [5, 5.41) is 0. The lowest BCUT2D eigenvalue weighted by Gasteiger charge is -2.30. The van der Waals surface area contributed by atoms with E-state index in [2.05, 4.69) is 15.9 Å². The number of carbonyl (C=O) groups excluding carboxylic acids is 1. The van der Waals surface area contributed by atoms with Crippen LogP contribution in [-0.2, 0) is 4.79 Å². The maximum atomic E-state index is 11.1. The molecule has 6 heteroatoms. The van der Waals surface area contributed by atoms with Gasteiger partial charge in [0.1, 0.15) is 6.61 Å². The minimum absolute atomic E-state index is 0. The molecule has 0 saturated heterocycles. The molecule has 0 bridgehead atoms. The number of halogens is 2. The van der Waals surface area contributed by atoms with Crippen LogP contribution in [0.5, 0.6) is 11.5 Å². The number of amides is 1. The molecule has 0 fully saturated rings. The molecule has 1 aliphatic heterocycles. The van der Waals surface area contributed by atoms with Gasteiger partial charge >= 0.3 is 0 Å². The second-order valence-corrected chi connectivity index (χ2v) is 4.21. The van der Waals surface area contributed by atoms with Crippen molar-refractivity contribution in [3.63, 3.8) is 0 Å². The van der Waals surface area contributed by atoms with Gasteiger partial charge in [0.15, 0.2) is 11.5 Å². The Morgan fingerprint density at radius 1 is 1.40 bits per heavy atom. The number of hydrogen-bond acceptors (Lipinski definition) is 3. The van der Waals surface area contributed by atoms with E-state index >= 15 is 0 Å². The highest BCUT2D eigenvalue weighted by molar-refractivity contribution is 9.10. The Balaban J connectivity index is 0.00000112. The molecule has 82 valence electrons. The van der Waals surface area contributed by atoms with Crippen LogP contribution in [0.1, 0.15) is 0 Å². The van der Waals surface area contributed by atoms with Crippen molar-refractivity contribution < 1.29 is 14.3 Å². The first kappa shape index (κ1) is 12.1. The van der Waals surface area contributed by atoms with Gasteiger partial charge in [-0.1, -0.05) is 12.1 Å². The average Bonchev–Trinajstić information content (AvgIpc) is 2.17. The molecular formula is C9H9BrClNO3. The topological polar surface area (TPSA) is 61.6 Å². The van der Waals surface area contributed by atoms with Gasteiger partial charge in [-0.2, -0.15) is 0 Å². The molecule has 0 saturated carbocycles. The van der Waals surface area contributed by atoms with E-state index in [0.29, 0.717) is 11.5 Å². The lowest BCUT2D eigenvalue weighted by atomic mass is 10.2. The smallest absolute Gasteiger partial charge is 0.276 e. The number of fused-ring (bicyclic) bond motifs is 1. The summed E-state index contributed by atoms with van der Waals surface area (Å²) in [6.07, 6.45) is 0. The standard InChI is InChI=1S/C9H8BrNO3.ClH/c10-9(8(11)12)5-13-6-3-1-2-4-7(6)14-9;/h1-4H,5H2,(H2,11,12);1H. The third-order valence-electron chi connectivity index (χ3n) is 1.90. The molecule has 1 unspecified atom stereocenters. The van der Waals surface area contributed by atoms with E-state index in [0.717, 1.165) is 0 Å². The fraction of sp³-hybridized carbons (Fsp3) is 0.222. The minimum atomic E-state index is -1.25. The van der Waals surface area contributed by atoms with Crippen LogP contribution in [0.25, 0.3) is 0 Å². The molecule has 1 aliphatic rings. The average molecular weight is 295 g/mol. The Kier molecular flexibility index (Phi) is 3.46. The van der Waals surface area contributed by atoms with Crippen molar-refractivity contribution in [3.8, 4) is 11.5 Å². The molecule has 1 aromatic carbocycles. The first-order valence-electron chi connectivity index (χ1n) is 4.01. The van der Waals surface area contributed by atoms with Crippen LogP contribution >= 0.6 is 28.3 Å². The Labute approximate surface area is 101 Å². The fourth-order valence-corrected chi connectivity index (χ4v) is 1.44. The molecule has 0 aliphatic carbocycles. The predicted molar refractivity (Wildman–Crippen MR) is 60.7 cm³/mol. The van der Waals surface area contributed by atoms with E-state index in [1.807, 2.05) is 6.07 Å². The molecule has 1 amide bonds. The van der Waals surface area contributed by atoms with Crippen LogP contribution in [0.3, 0.4) is 0 Å². The molecule has 1 atom stereocenters. The van der Waals surface area contributed by atoms with Crippen LogP contribution < -0.4 is 15.2 Å². The number of carbonyl (C=O) groups is 1. The van der Waals surface area contributed by atoms with Gasteiger partial charge in [0.05, 0.1) is 0 Å². The molecule has 2 N–H and O–H groups in total. The number of ether oxygens (including phenoxy) is 2. The number of nitrogens with two attached hydrogens (primary N) is 1. The van der Waals surface area contributed by atoms with Gasteiger partial charge in [-0.25, -0.2) is 0 Å². The molecule has 2 rings (SSSR count). The van der Waals surface area contributed by atoms with E-state index in [1.54, 1.807) is 18.2 Å². The molecule has 1 aromatic rings. The molecule has 15 heavy (non-hydrogen) atoms. The Morgan fingerprint density at radius 3 is 2.60 bits per heavy atom. The van der Waals surface area contributed by atoms with Crippen molar-refractivity contribution in [2.24, 2.45) is 5.73 Å². The van der Waals surface area contributed by atoms with Crippen molar-refractivity contribution >= 4 is 34.2 Å². The first-order chi connectivity index (χ1) is 6.62. The Hall–Kier alpha value is -0.940. The maximum Gasteiger partial charge on any atom is 0.276 e. The number of alkyl halides is 1. The van der Waals surface area contributed by atoms with Crippen molar-refractivity contribution in [3.05, 3.63) is 24.3 Å². The quantitative estimate of drug-likeness (QED) is 0.798. The van der Waals surface area contributed by atoms with Gasteiger partial charge in [-0.15, -0.1) is 12.4 Å². The first-order valence-corrected chi connectivity index (χ1v) is 4.81. The van der Waals surface area contributed by atoms with Crippen LogP contribution in [0, 0.1) is 0 Å². The summed E-state index contributed by atoms with van der Waals surface area (Å²) in [6, 6.07) is 7.10. The third kappa shape index (κ3) is 2.18. The number of rotatable bonds is 1. The zero-order valence-electron chi connectivity index (χ0n) is 7.60. The minimum Gasteiger partial charge on any atom is -0.484 e. The molecule has 0 radical (unpaired) electrons. The van der Waals surface area contributed by atoms with Crippen molar-refractivity contribution in [1.82, 2.24) is 0 Å².